The van der Waals surface area contributed by atoms with E-state index in [1.807, 2.05) is 19.9 Å². The van der Waals surface area contributed by atoms with Crippen molar-refractivity contribution in [3.8, 4) is 22.5 Å². The molecule has 5 nitrogen and oxygen atoms in total. The predicted octanol–water partition coefficient (Wildman–Crippen LogP) is 4.99. The summed E-state index contributed by atoms with van der Waals surface area (Å²) in [6.07, 6.45) is 6.77. The lowest BCUT2D eigenvalue weighted by atomic mass is 9.83. The second-order valence-electron chi connectivity index (χ2n) is 8.20. The van der Waals surface area contributed by atoms with Crippen LogP contribution in [0.2, 0.25) is 5.02 Å². The predicted molar refractivity (Wildman–Crippen MR) is 117 cm³/mol. The summed E-state index contributed by atoms with van der Waals surface area (Å²) >= 11 is 6.42. The van der Waals surface area contributed by atoms with E-state index in [1.54, 1.807) is 30.7 Å². The number of aromatic nitrogens is 3. The lowest BCUT2D eigenvalue weighted by Gasteiger charge is -2.38. The van der Waals surface area contributed by atoms with Gasteiger partial charge in [-0.3, -0.25) is 9.97 Å². The quantitative estimate of drug-likeness (QED) is 0.637. The molecule has 2 aromatic heterocycles. The Morgan fingerprint density at radius 3 is 2.40 bits per heavy atom. The van der Waals surface area contributed by atoms with Gasteiger partial charge in [-0.2, -0.15) is 0 Å². The lowest BCUT2D eigenvalue weighted by molar-refractivity contribution is 0.00645. The fraction of sp³-hybridized carbons (Fsp3) is 0.348. The van der Waals surface area contributed by atoms with Crippen LogP contribution >= 0.6 is 11.6 Å². The van der Waals surface area contributed by atoms with Crippen LogP contribution in [0.15, 0.2) is 48.9 Å². The van der Waals surface area contributed by atoms with Crippen LogP contribution in [-0.2, 0) is 0 Å². The van der Waals surface area contributed by atoms with E-state index in [9.17, 15) is 9.50 Å². The summed E-state index contributed by atoms with van der Waals surface area (Å²) in [6.45, 7) is 5.33. The van der Waals surface area contributed by atoms with E-state index in [4.69, 9.17) is 16.6 Å². The molecule has 1 saturated heterocycles. The molecule has 0 spiro atoms. The highest BCUT2D eigenvalue weighted by Crippen LogP contribution is 2.35. The molecular weight excluding hydrogens is 403 g/mol. The first-order valence-corrected chi connectivity index (χ1v) is 10.4. The largest absolute Gasteiger partial charge is 0.390 e. The van der Waals surface area contributed by atoms with Gasteiger partial charge in [0.05, 0.1) is 22.5 Å². The van der Waals surface area contributed by atoms with Gasteiger partial charge in [0.25, 0.3) is 0 Å². The van der Waals surface area contributed by atoms with Crippen molar-refractivity contribution in [3.63, 3.8) is 0 Å². The maximum Gasteiger partial charge on any atom is 0.147 e. The lowest BCUT2D eigenvalue weighted by Crippen LogP contribution is -2.42. The average molecular weight is 427 g/mol. The summed E-state index contributed by atoms with van der Waals surface area (Å²) in [6, 6.07) is 8.00. The monoisotopic (exact) mass is 426 g/mol. The van der Waals surface area contributed by atoms with Gasteiger partial charge in [0.1, 0.15) is 17.3 Å². The Bertz CT molecular complexity index is 1030. The molecule has 0 amide bonds. The zero-order chi connectivity index (χ0) is 21.3. The van der Waals surface area contributed by atoms with Crippen molar-refractivity contribution in [2.24, 2.45) is 5.92 Å². The van der Waals surface area contributed by atoms with Crippen LogP contribution in [0.3, 0.4) is 0 Å². The summed E-state index contributed by atoms with van der Waals surface area (Å²) in [5, 5.41) is 10.8. The molecule has 156 valence electrons. The molecule has 4 rings (SSSR count). The number of piperidine rings is 1. The van der Waals surface area contributed by atoms with Crippen LogP contribution in [0, 0.1) is 11.7 Å². The third kappa shape index (κ3) is 4.30. The van der Waals surface area contributed by atoms with Gasteiger partial charge < -0.3 is 10.0 Å². The Labute approximate surface area is 180 Å². The third-order valence-corrected chi connectivity index (χ3v) is 6.02. The van der Waals surface area contributed by atoms with Crippen molar-refractivity contribution in [2.75, 3.05) is 18.0 Å². The number of benzene rings is 1. The van der Waals surface area contributed by atoms with Crippen LogP contribution in [-0.4, -0.2) is 38.7 Å². The maximum absolute atomic E-state index is 13.4. The molecule has 1 aliphatic rings. The summed E-state index contributed by atoms with van der Waals surface area (Å²) in [7, 11) is 0. The third-order valence-electron chi connectivity index (χ3n) is 5.72. The topological polar surface area (TPSA) is 62.1 Å². The standard InChI is InChI=1S/C23H24ClFN4O/c1-23(2,30)16-8-11-29(12-9-16)20-14-27-21(15-3-5-17(25)6-4-15)22(28-20)18-7-10-26-13-19(18)24/h3-7,10,13-14,16,30H,8-9,11-12H2,1-2H3. The fourth-order valence-corrected chi connectivity index (χ4v) is 4.13. The van der Waals surface area contributed by atoms with Gasteiger partial charge in [-0.05, 0) is 62.9 Å². The molecule has 0 bridgehead atoms. The maximum atomic E-state index is 13.4. The molecule has 1 aliphatic heterocycles. The first-order valence-electron chi connectivity index (χ1n) is 10.0. The van der Waals surface area contributed by atoms with Gasteiger partial charge in [0, 0.05) is 36.6 Å². The van der Waals surface area contributed by atoms with Crippen LogP contribution in [0.5, 0.6) is 0 Å². The molecule has 3 heterocycles. The zero-order valence-electron chi connectivity index (χ0n) is 17.0. The van der Waals surface area contributed by atoms with Gasteiger partial charge in [-0.15, -0.1) is 0 Å². The minimum Gasteiger partial charge on any atom is -0.390 e. The van der Waals surface area contributed by atoms with E-state index in [0.717, 1.165) is 42.9 Å². The molecular formula is C23H24ClFN4O. The number of rotatable bonds is 4. The van der Waals surface area contributed by atoms with Crippen molar-refractivity contribution in [1.82, 2.24) is 15.0 Å². The van der Waals surface area contributed by atoms with Crippen LogP contribution in [0.1, 0.15) is 26.7 Å². The Hall–Kier alpha value is -2.57. The minimum absolute atomic E-state index is 0.259. The first-order chi connectivity index (χ1) is 14.3. The Morgan fingerprint density at radius 1 is 1.07 bits per heavy atom. The molecule has 7 heteroatoms. The smallest absolute Gasteiger partial charge is 0.147 e. The van der Waals surface area contributed by atoms with Crippen molar-refractivity contribution < 1.29 is 9.50 Å². The SMILES string of the molecule is CC(C)(O)C1CCN(c2cnc(-c3ccc(F)cc3)c(-c3ccncc3Cl)n2)CC1. The molecule has 3 aromatic rings. The van der Waals surface area contributed by atoms with E-state index in [1.165, 1.54) is 12.1 Å². The number of nitrogens with zero attached hydrogens (tertiary/aromatic N) is 4. The molecule has 0 radical (unpaired) electrons. The molecule has 0 atom stereocenters. The Morgan fingerprint density at radius 2 is 1.77 bits per heavy atom. The highest BCUT2D eigenvalue weighted by atomic mass is 35.5. The fourth-order valence-electron chi connectivity index (χ4n) is 3.92. The summed E-state index contributed by atoms with van der Waals surface area (Å²) < 4.78 is 13.4. The van der Waals surface area contributed by atoms with E-state index in [0.29, 0.717) is 16.4 Å². The molecule has 0 aliphatic carbocycles. The first kappa shape index (κ1) is 20.7. The van der Waals surface area contributed by atoms with Crippen LogP contribution < -0.4 is 4.90 Å². The Kier molecular flexibility index (Phi) is 5.71. The van der Waals surface area contributed by atoms with Gasteiger partial charge in [-0.1, -0.05) is 11.6 Å². The summed E-state index contributed by atoms with van der Waals surface area (Å²) in [5.74, 6) is 0.716. The number of pyridine rings is 1. The Balaban J connectivity index is 1.72. The van der Waals surface area contributed by atoms with Gasteiger partial charge in [0.2, 0.25) is 0 Å². The van der Waals surface area contributed by atoms with Crippen molar-refractivity contribution in [2.45, 2.75) is 32.3 Å². The summed E-state index contributed by atoms with van der Waals surface area (Å²) in [4.78, 5) is 15.8. The van der Waals surface area contributed by atoms with Gasteiger partial charge in [0.15, 0.2) is 0 Å². The van der Waals surface area contributed by atoms with Gasteiger partial charge in [-0.25, -0.2) is 9.37 Å². The van der Waals surface area contributed by atoms with E-state index in [-0.39, 0.29) is 11.7 Å². The van der Waals surface area contributed by atoms with Gasteiger partial charge >= 0.3 is 0 Å². The number of halogens is 2. The highest BCUT2D eigenvalue weighted by Gasteiger charge is 2.31. The summed E-state index contributed by atoms with van der Waals surface area (Å²) in [5.41, 5.74) is 2.08. The second kappa shape index (κ2) is 8.28. The van der Waals surface area contributed by atoms with Crippen molar-refractivity contribution in [3.05, 3.63) is 59.8 Å². The minimum atomic E-state index is -0.681. The van der Waals surface area contributed by atoms with Crippen molar-refractivity contribution in [1.29, 1.82) is 0 Å². The number of anilines is 1. The molecule has 1 N–H and O–H groups in total. The molecule has 30 heavy (non-hydrogen) atoms. The zero-order valence-corrected chi connectivity index (χ0v) is 17.8. The number of hydrogen-bond acceptors (Lipinski definition) is 5. The highest BCUT2D eigenvalue weighted by molar-refractivity contribution is 6.33. The van der Waals surface area contributed by atoms with E-state index < -0.39 is 5.60 Å². The average Bonchev–Trinajstić information content (AvgIpc) is 2.74. The molecule has 1 fully saturated rings. The van der Waals surface area contributed by atoms with Crippen LogP contribution in [0.25, 0.3) is 22.5 Å². The number of hydrogen-bond donors (Lipinski definition) is 1. The molecule has 1 aromatic carbocycles. The van der Waals surface area contributed by atoms with Crippen LogP contribution in [0.4, 0.5) is 10.2 Å². The molecule has 0 unspecified atom stereocenters. The normalized spacial score (nSPS) is 15.4. The van der Waals surface area contributed by atoms with E-state index in [2.05, 4.69) is 14.9 Å². The van der Waals surface area contributed by atoms with E-state index >= 15 is 0 Å². The second-order valence-corrected chi connectivity index (χ2v) is 8.61. The molecule has 0 saturated carbocycles. The van der Waals surface area contributed by atoms with Crippen molar-refractivity contribution >= 4 is 17.4 Å². The number of aliphatic hydroxyl groups is 1.